The molecule has 186 valence electrons. The van der Waals surface area contributed by atoms with E-state index in [1.165, 1.54) is 17.5 Å². The highest BCUT2D eigenvalue weighted by Gasteiger charge is 2.72. The largest absolute Gasteiger partial charge is 0.457 e. The van der Waals surface area contributed by atoms with Crippen LogP contribution in [0.3, 0.4) is 0 Å². The number of benzene rings is 1. The monoisotopic (exact) mass is 470 g/mol. The van der Waals surface area contributed by atoms with E-state index in [0.717, 1.165) is 32.1 Å². The number of aliphatic hydroxyl groups is 1. The van der Waals surface area contributed by atoms with Gasteiger partial charge in [0.1, 0.15) is 30.0 Å². The van der Waals surface area contributed by atoms with E-state index < -0.39 is 36.0 Å². The first-order valence-electron chi connectivity index (χ1n) is 13.0. The van der Waals surface area contributed by atoms with Crippen LogP contribution < -0.4 is 0 Å². The van der Waals surface area contributed by atoms with Gasteiger partial charge in [0, 0.05) is 12.3 Å². The molecule has 1 N–H and O–H groups in total. The topological polar surface area (TPSA) is 82.1 Å². The second-order valence-corrected chi connectivity index (χ2v) is 11.5. The highest BCUT2D eigenvalue weighted by Crippen LogP contribution is 2.63. The van der Waals surface area contributed by atoms with E-state index in [1.54, 1.807) is 0 Å². The number of hydrogen-bond donors (Lipinski definition) is 1. The number of fused-ring (bicyclic) bond motifs is 5. The molecule has 2 aliphatic carbocycles. The van der Waals surface area contributed by atoms with Gasteiger partial charge in [-0.05, 0) is 86.5 Å². The van der Waals surface area contributed by atoms with Crippen LogP contribution in [0.5, 0.6) is 0 Å². The third-order valence-corrected chi connectivity index (χ3v) is 9.37. The normalized spacial score (nSPS) is 38.4. The predicted octanol–water partition coefficient (Wildman–Crippen LogP) is 4.24. The van der Waals surface area contributed by atoms with Crippen molar-refractivity contribution >= 4 is 11.9 Å². The van der Waals surface area contributed by atoms with Gasteiger partial charge in [-0.3, -0.25) is 0 Å². The lowest BCUT2D eigenvalue weighted by molar-refractivity contribution is -0.259. The molecule has 0 spiro atoms. The van der Waals surface area contributed by atoms with Crippen LogP contribution >= 0.6 is 0 Å². The van der Waals surface area contributed by atoms with Gasteiger partial charge in [0.05, 0.1) is 5.56 Å². The van der Waals surface area contributed by atoms with Gasteiger partial charge in [-0.2, -0.15) is 0 Å². The summed E-state index contributed by atoms with van der Waals surface area (Å²) in [4.78, 5) is 25.6. The van der Waals surface area contributed by atoms with E-state index in [-0.39, 0.29) is 23.7 Å². The van der Waals surface area contributed by atoms with Gasteiger partial charge >= 0.3 is 11.9 Å². The molecule has 6 nitrogen and oxygen atoms in total. The summed E-state index contributed by atoms with van der Waals surface area (Å²) in [5.74, 6) is -0.235. The smallest absolute Gasteiger partial charge is 0.338 e. The van der Waals surface area contributed by atoms with Gasteiger partial charge < -0.3 is 19.3 Å². The number of carbonyl (C=O) groups is 2. The Balaban J connectivity index is 1.49. The Morgan fingerprint density at radius 1 is 1.15 bits per heavy atom. The minimum absolute atomic E-state index is 0.0553. The first-order valence-corrected chi connectivity index (χ1v) is 13.0. The zero-order valence-corrected chi connectivity index (χ0v) is 20.8. The molecule has 1 saturated carbocycles. The second kappa shape index (κ2) is 8.63. The van der Waals surface area contributed by atoms with Crippen molar-refractivity contribution in [2.45, 2.75) is 96.1 Å². The zero-order valence-electron chi connectivity index (χ0n) is 20.8. The Morgan fingerprint density at radius 3 is 2.59 bits per heavy atom. The van der Waals surface area contributed by atoms with Crippen LogP contribution in [0.2, 0.25) is 0 Å². The third-order valence-electron chi connectivity index (χ3n) is 9.37. The number of rotatable bonds is 5. The molecule has 1 unspecified atom stereocenters. The van der Waals surface area contributed by atoms with E-state index >= 15 is 0 Å². The summed E-state index contributed by atoms with van der Waals surface area (Å²) in [5, 5.41) is 9.32. The Bertz CT molecular complexity index is 972. The minimum atomic E-state index is -0.737. The fourth-order valence-electron chi connectivity index (χ4n) is 7.48. The van der Waals surface area contributed by atoms with E-state index in [2.05, 4.69) is 26.8 Å². The lowest BCUT2D eigenvalue weighted by atomic mass is 9.69. The molecule has 3 fully saturated rings. The summed E-state index contributed by atoms with van der Waals surface area (Å²) in [6, 6.07) is 6.00. The van der Waals surface area contributed by atoms with Crippen molar-refractivity contribution < 1.29 is 28.9 Å². The molecule has 2 saturated heterocycles. The van der Waals surface area contributed by atoms with Gasteiger partial charge in [0.2, 0.25) is 0 Å². The number of ether oxygens (including phenoxy) is 3. The Kier molecular flexibility index (Phi) is 6.04. The Hall–Kier alpha value is -1.92. The number of aryl methyl sites for hydroxylation is 2. The molecule has 4 aliphatic rings. The van der Waals surface area contributed by atoms with Gasteiger partial charge in [-0.1, -0.05) is 26.8 Å². The van der Waals surface area contributed by atoms with Gasteiger partial charge in [0.25, 0.3) is 0 Å². The van der Waals surface area contributed by atoms with Crippen molar-refractivity contribution in [3.8, 4) is 0 Å². The SMILES string of the molecule is CC(C)[C@@]12C[C@@H](OC(=O)CO)C(C)(O1)[C@@H]1CC[C@@H](C)[C@H]1[C@@H]2OC(=O)c1ccc2c(c1)CCCC2. The van der Waals surface area contributed by atoms with Crippen LogP contribution in [0, 0.1) is 23.7 Å². The molecule has 0 radical (unpaired) electrons. The molecule has 2 bridgehead atoms. The fraction of sp³-hybridized carbons (Fsp3) is 0.714. The summed E-state index contributed by atoms with van der Waals surface area (Å²) < 4.78 is 19.0. The molecule has 1 aromatic carbocycles. The standard InChI is InChI=1S/C28H38O6/c1-16(2)28-14-22(32-23(30)15-29)27(4,34-28)21-12-9-17(3)24(21)25(28)33-26(31)20-11-10-18-7-5-6-8-19(18)13-20/h10-11,13,16-17,21-22,24-25,29H,5-9,12,14-15H2,1-4H3/t17-,21-,22-,24-,25+,27?,28-/m1/s1. The molecule has 1 aromatic rings. The van der Waals surface area contributed by atoms with Crippen molar-refractivity contribution in [1.29, 1.82) is 0 Å². The maximum atomic E-state index is 13.5. The van der Waals surface area contributed by atoms with Gasteiger partial charge in [-0.15, -0.1) is 0 Å². The highest BCUT2D eigenvalue weighted by molar-refractivity contribution is 5.90. The summed E-state index contributed by atoms with van der Waals surface area (Å²) >= 11 is 0. The highest BCUT2D eigenvalue weighted by atomic mass is 16.6. The third kappa shape index (κ3) is 3.60. The Labute approximate surface area is 202 Å². The molecule has 7 atom stereocenters. The number of aliphatic hydroxyl groups excluding tert-OH is 1. The van der Waals surface area contributed by atoms with E-state index in [1.807, 2.05) is 19.1 Å². The van der Waals surface area contributed by atoms with Crippen LogP contribution in [0.15, 0.2) is 18.2 Å². The Morgan fingerprint density at radius 2 is 1.88 bits per heavy atom. The van der Waals surface area contributed by atoms with Crippen molar-refractivity contribution in [1.82, 2.24) is 0 Å². The van der Waals surface area contributed by atoms with Crippen LogP contribution in [-0.4, -0.2) is 47.1 Å². The van der Waals surface area contributed by atoms with Crippen LogP contribution in [-0.2, 0) is 31.8 Å². The maximum Gasteiger partial charge on any atom is 0.338 e. The van der Waals surface area contributed by atoms with E-state index in [9.17, 15) is 14.7 Å². The molecule has 5 rings (SSSR count). The second-order valence-electron chi connectivity index (χ2n) is 11.5. The lowest BCUT2D eigenvalue weighted by Crippen LogP contribution is -2.62. The summed E-state index contributed by atoms with van der Waals surface area (Å²) in [6.07, 6.45) is 5.99. The molecular weight excluding hydrogens is 432 g/mol. The molecule has 2 aliphatic heterocycles. The van der Waals surface area contributed by atoms with Crippen LogP contribution in [0.1, 0.15) is 81.3 Å². The molecular formula is C28H38O6. The molecule has 0 aromatic heterocycles. The fourth-order valence-corrected chi connectivity index (χ4v) is 7.48. The van der Waals surface area contributed by atoms with E-state index in [4.69, 9.17) is 14.2 Å². The average molecular weight is 471 g/mol. The molecule has 2 heterocycles. The van der Waals surface area contributed by atoms with Crippen molar-refractivity contribution in [2.75, 3.05) is 6.61 Å². The summed E-state index contributed by atoms with van der Waals surface area (Å²) in [5.41, 5.74) is 1.82. The van der Waals surface area contributed by atoms with Crippen molar-refractivity contribution in [2.24, 2.45) is 23.7 Å². The maximum absolute atomic E-state index is 13.5. The molecule has 34 heavy (non-hydrogen) atoms. The van der Waals surface area contributed by atoms with E-state index in [0.29, 0.717) is 17.9 Å². The van der Waals surface area contributed by atoms with Crippen molar-refractivity contribution in [3.05, 3.63) is 34.9 Å². The average Bonchev–Trinajstić information content (AvgIpc) is 3.34. The first-order chi connectivity index (χ1) is 16.2. The predicted molar refractivity (Wildman–Crippen MR) is 126 cm³/mol. The lowest BCUT2D eigenvalue weighted by Gasteiger charge is -2.53. The van der Waals surface area contributed by atoms with Gasteiger partial charge in [0.15, 0.2) is 0 Å². The van der Waals surface area contributed by atoms with Crippen LogP contribution in [0.25, 0.3) is 0 Å². The van der Waals surface area contributed by atoms with Crippen LogP contribution in [0.4, 0.5) is 0 Å². The number of carbonyl (C=O) groups excluding carboxylic acids is 2. The summed E-state index contributed by atoms with van der Waals surface area (Å²) in [7, 11) is 0. The molecule has 6 heteroatoms. The quantitative estimate of drug-likeness (QED) is 0.648. The van der Waals surface area contributed by atoms with Gasteiger partial charge in [-0.25, -0.2) is 9.59 Å². The number of hydrogen-bond acceptors (Lipinski definition) is 6. The first kappa shape index (κ1) is 23.8. The minimum Gasteiger partial charge on any atom is -0.457 e. The number of esters is 2. The molecule has 0 amide bonds. The zero-order chi connectivity index (χ0) is 24.3. The van der Waals surface area contributed by atoms with Crippen molar-refractivity contribution in [3.63, 3.8) is 0 Å². The summed E-state index contributed by atoms with van der Waals surface area (Å²) in [6.45, 7) is 7.82.